The lowest BCUT2D eigenvalue weighted by atomic mass is 10.2. The number of sulfonamides is 1. The van der Waals surface area contributed by atoms with Crippen molar-refractivity contribution in [3.63, 3.8) is 0 Å². The van der Waals surface area contributed by atoms with E-state index in [1.54, 1.807) is 34.8 Å². The number of piperazine rings is 1. The summed E-state index contributed by atoms with van der Waals surface area (Å²) in [4.78, 5) is 23.3. The second kappa shape index (κ2) is 10.2. The van der Waals surface area contributed by atoms with E-state index in [1.165, 1.54) is 21.3 Å². The first-order valence-electron chi connectivity index (χ1n) is 11.2. The first-order chi connectivity index (χ1) is 16.5. The number of amides is 1. The van der Waals surface area contributed by atoms with Crippen molar-refractivity contribution in [2.24, 2.45) is 0 Å². The van der Waals surface area contributed by atoms with Gasteiger partial charge in [-0.2, -0.15) is 4.31 Å². The topological polar surface area (TPSA) is 83.0 Å². The minimum atomic E-state index is -3.56. The van der Waals surface area contributed by atoms with E-state index in [0.717, 1.165) is 30.3 Å². The predicted octanol–water partition coefficient (Wildman–Crippen LogP) is 2.85. The van der Waals surface area contributed by atoms with Gasteiger partial charge in [-0.3, -0.25) is 9.69 Å². The Kier molecular flexibility index (Phi) is 7.09. The summed E-state index contributed by atoms with van der Waals surface area (Å²) in [5.41, 5.74) is 1.54. The van der Waals surface area contributed by atoms with Crippen LogP contribution in [0.15, 0.2) is 52.1 Å². The van der Waals surface area contributed by atoms with Gasteiger partial charge in [0.2, 0.25) is 10.0 Å². The van der Waals surface area contributed by atoms with E-state index in [0.29, 0.717) is 45.0 Å². The summed E-state index contributed by atoms with van der Waals surface area (Å²) in [6.45, 7) is 5.12. The van der Waals surface area contributed by atoms with Crippen LogP contribution in [-0.4, -0.2) is 85.9 Å². The molecule has 180 valence electrons. The summed E-state index contributed by atoms with van der Waals surface area (Å²) < 4.78 is 32.3. The van der Waals surface area contributed by atoms with E-state index in [-0.39, 0.29) is 10.8 Å². The van der Waals surface area contributed by atoms with Gasteiger partial charge in [0, 0.05) is 50.2 Å². The molecule has 0 aliphatic carbocycles. The van der Waals surface area contributed by atoms with Crippen molar-refractivity contribution in [3.8, 4) is 10.6 Å². The lowest BCUT2D eigenvalue weighted by Crippen LogP contribution is -2.48. The largest absolute Gasteiger partial charge is 0.379 e. The van der Waals surface area contributed by atoms with E-state index in [4.69, 9.17) is 9.72 Å². The fourth-order valence-electron chi connectivity index (χ4n) is 4.11. The fourth-order valence-corrected chi connectivity index (χ4v) is 7.11. The van der Waals surface area contributed by atoms with Gasteiger partial charge in [-0.1, -0.05) is 6.07 Å². The normalized spacial score (nSPS) is 18.3. The van der Waals surface area contributed by atoms with Gasteiger partial charge in [-0.25, -0.2) is 13.4 Å². The van der Waals surface area contributed by atoms with E-state index >= 15 is 0 Å². The monoisotopic (exact) mass is 518 g/mol. The van der Waals surface area contributed by atoms with Gasteiger partial charge in [-0.05, 0) is 35.7 Å². The first kappa shape index (κ1) is 23.6. The van der Waals surface area contributed by atoms with Crippen molar-refractivity contribution in [1.82, 2.24) is 19.1 Å². The Balaban J connectivity index is 1.16. The second-order valence-electron chi connectivity index (χ2n) is 8.21. The van der Waals surface area contributed by atoms with Crippen LogP contribution in [0.25, 0.3) is 10.6 Å². The number of nitrogens with zero attached hydrogens (tertiary/aromatic N) is 4. The average molecular weight is 519 g/mol. The first-order valence-corrected chi connectivity index (χ1v) is 14.4. The Bertz CT molecular complexity index is 1210. The molecule has 8 nitrogen and oxygen atoms in total. The number of thiazole rings is 1. The summed E-state index contributed by atoms with van der Waals surface area (Å²) in [6.07, 6.45) is 0. The van der Waals surface area contributed by atoms with Crippen molar-refractivity contribution < 1.29 is 17.9 Å². The molecule has 0 spiro atoms. The molecule has 4 heterocycles. The third kappa shape index (κ3) is 5.09. The van der Waals surface area contributed by atoms with Crippen LogP contribution in [0.3, 0.4) is 0 Å². The zero-order chi connectivity index (χ0) is 23.5. The number of rotatable bonds is 6. The fraction of sp³-hybridized carbons (Fsp3) is 0.391. The summed E-state index contributed by atoms with van der Waals surface area (Å²) in [5, 5.41) is 5.24. The maximum Gasteiger partial charge on any atom is 0.253 e. The molecule has 0 atom stereocenters. The molecule has 2 saturated heterocycles. The number of aromatic nitrogens is 1. The Labute approximate surface area is 207 Å². The second-order valence-corrected chi connectivity index (χ2v) is 12.0. The molecule has 2 aliphatic heterocycles. The Morgan fingerprint density at radius 3 is 2.38 bits per heavy atom. The van der Waals surface area contributed by atoms with Gasteiger partial charge in [0.05, 0.1) is 35.2 Å². The Morgan fingerprint density at radius 1 is 0.971 bits per heavy atom. The summed E-state index contributed by atoms with van der Waals surface area (Å²) in [6, 6.07) is 10.4. The molecule has 2 aromatic heterocycles. The quantitative estimate of drug-likeness (QED) is 0.499. The van der Waals surface area contributed by atoms with Gasteiger partial charge >= 0.3 is 0 Å². The van der Waals surface area contributed by atoms with E-state index in [1.807, 2.05) is 11.0 Å². The predicted molar refractivity (Wildman–Crippen MR) is 133 cm³/mol. The lowest BCUT2D eigenvalue weighted by Gasteiger charge is -2.34. The van der Waals surface area contributed by atoms with Crippen molar-refractivity contribution in [1.29, 1.82) is 0 Å². The molecule has 1 aromatic carbocycles. The van der Waals surface area contributed by atoms with E-state index < -0.39 is 10.0 Å². The number of hydrogen-bond acceptors (Lipinski definition) is 8. The zero-order valence-electron chi connectivity index (χ0n) is 18.6. The maximum atomic E-state index is 13.0. The smallest absolute Gasteiger partial charge is 0.253 e. The molecular formula is C23H26N4O4S3. The zero-order valence-corrected chi connectivity index (χ0v) is 21.1. The molecule has 0 bridgehead atoms. The van der Waals surface area contributed by atoms with Gasteiger partial charge < -0.3 is 9.64 Å². The van der Waals surface area contributed by atoms with Crippen LogP contribution in [0.2, 0.25) is 0 Å². The molecule has 0 saturated carbocycles. The number of ether oxygens (including phenoxy) is 1. The number of carbonyl (C=O) groups is 1. The summed E-state index contributed by atoms with van der Waals surface area (Å²) in [7, 11) is -3.56. The maximum absolute atomic E-state index is 13.0. The van der Waals surface area contributed by atoms with Crippen LogP contribution in [-0.2, 0) is 21.3 Å². The molecule has 0 N–H and O–H groups in total. The van der Waals surface area contributed by atoms with E-state index in [2.05, 4.69) is 21.7 Å². The van der Waals surface area contributed by atoms with Crippen LogP contribution in [0.1, 0.15) is 15.4 Å². The van der Waals surface area contributed by atoms with Crippen molar-refractivity contribution in [3.05, 3.63) is 57.7 Å². The van der Waals surface area contributed by atoms with Gasteiger partial charge in [0.1, 0.15) is 5.01 Å². The minimum absolute atomic E-state index is 0.0656. The number of hydrogen-bond donors (Lipinski definition) is 0. The third-order valence-corrected chi connectivity index (χ3v) is 9.69. The van der Waals surface area contributed by atoms with Crippen LogP contribution in [0.4, 0.5) is 0 Å². The van der Waals surface area contributed by atoms with Gasteiger partial charge in [-0.15, -0.1) is 22.7 Å². The molecular weight excluding hydrogens is 492 g/mol. The Morgan fingerprint density at radius 2 is 1.71 bits per heavy atom. The highest BCUT2D eigenvalue weighted by Crippen LogP contribution is 2.27. The minimum Gasteiger partial charge on any atom is -0.379 e. The molecule has 2 fully saturated rings. The highest BCUT2D eigenvalue weighted by Gasteiger charge is 2.27. The number of benzene rings is 1. The lowest BCUT2D eigenvalue weighted by molar-refractivity contribution is 0.0628. The standard InChI is InChI=1S/C23H26N4O4S3/c28-23(18-3-5-19(6-4-18)34(29,30)27-11-13-31-14-12-27)26-9-7-25(8-10-26)16-22-24-20(17-33-22)21-2-1-15-32-21/h1-6,15,17H,7-14,16H2. The Hall–Kier alpha value is -2.15. The average Bonchev–Trinajstić information content (AvgIpc) is 3.57. The number of thiophene rings is 1. The van der Waals surface area contributed by atoms with Crippen LogP contribution in [0, 0.1) is 0 Å². The SMILES string of the molecule is O=C(c1ccc(S(=O)(=O)N2CCOCC2)cc1)N1CCN(Cc2nc(-c3cccs3)cs2)CC1. The molecule has 0 unspecified atom stereocenters. The molecule has 0 radical (unpaired) electrons. The van der Waals surface area contributed by atoms with Crippen LogP contribution < -0.4 is 0 Å². The van der Waals surface area contributed by atoms with Gasteiger partial charge in [0.25, 0.3) is 5.91 Å². The van der Waals surface area contributed by atoms with E-state index in [9.17, 15) is 13.2 Å². The molecule has 11 heteroatoms. The molecule has 5 rings (SSSR count). The van der Waals surface area contributed by atoms with Crippen molar-refractivity contribution >= 4 is 38.6 Å². The number of morpholine rings is 1. The third-order valence-electron chi connectivity index (χ3n) is 6.05. The van der Waals surface area contributed by atoms with Crippen molar-refractivity contribution in [2.45, 2.75) is 11.4 Å². The van der Waals surface area contributed by atoms with Crippen LogP contribution >= 0.6 is 22.7 Å². The molecule has 2 aliphatic rings. The summed E-state index contributed by atoms with van der Waals surface area (Å²) in [5.74, 6) is -0.0656. The molecule has 3 aromatic rings. The molecule has 1 amide bonds. The van der Waals surface area contributed by atoms with Gasteiger partial charge in [0.15, 0.2) is 0 Å². The van der Waals surface area contributed by atoms with Crippen molar-refractivity contribution in [2.75, 3.05) is 52.5 Å². The molecule has 34 heavy (non-hydrogen) atoms. The summed E-state index contributed by atoms with van der Waals surface area (Å²) >= 11 is 3.36. The van der Waals surface area contributed by atoms with Crippen LogP contribution in [0.5, 0.6) is 0 Å². The number of carbonyl (C=O) groups excluding carboxylic acids is 1. The highest BCUT2D eigenvalue weighted by molar-refractivity contribution is 7.89. The highest BCUT2D eigenvalue weighted by atomic mass is 32.2.